The van der Waals surface area contributed by atoms with Crippen LogP contribution in [-0.2, 0) is 10.0 Å². The molecule has 1 aromatic carbocycles. The van der Waals surface area contributed by atoms with Crippen LogP contribution in [-0.4, -0.2) is 40.2 Å². The van der Waals surface area contributed by atoms with Gasteiger partial charge in [-0.1, -0.05) is 11.6 Å². The average Bonchev–Trinajstić information content (AvgIpc) is 2.48. The van der Waals surface area contributed by atoms with Crippen molar-refractivity contribution in [3.8, 4) is 0 Å². The lowest BCUT2D eigenvalue weighted by Crippen LogP contribution is -2.33. The molecule has 22 heavy (non-hydrogen) atoms. The Hall–Kier alpha value is -1.31. The van der Waals surface area contributed by atoms with Crippen LogP contribution in [0.4, 0.5) is 5.69 Å². The van der Waals surface area contributed by atoms with Crippen molar-refractivity contribution in [2.75, 3.05) is 30.6 Å². The average molecular weight is 346 g/mol. The number of nitrogens with one attached hydrogen (secondary N) is 3. The molecule has 1 aliphatic heterocycles. The topological polar surface area (TPSA) is 87.3 Å². The Morgan fingerprint density at radius 3 is 2.68 bits per heavy atom. The zero-order valence-electron chi connectivity index (χ0n) is 12.4. The molecule has 0 atom stereocenters. The lowest BCUT2D eigenvalue weighted by Gasteiger charge is -2.22. The number of sulfonamides is 1. The summed E-state index contributed by atoms with van der Waals surface area (Å²) in [7, 11) is -2.03. The number of anilines is 1. The van der Waals surface area contributed by atoms with E-state index in [1.54, 1.807) is 6.07 Å². The molecule has 1 heterocycles. The van der Waals surface area contributed by atoms with E-state index in [1.807, 2.05) is 0 Å². The van der Waals surface area contributed by atoms with Crippen LogP contribution < -0.4 is 15.4 Å². The number of rotatable bonds is 5. The smallest absolute Gasteiger partial charge is 0.253 e. The van der Waals surface area contributed by atoms with Crippen molar-refractivity contribution in [3.05, 3.63) is 28.8 Å². The van der Waals surface area contributed by atoms with Crippen LogP contribution in [0.15, 0.2) is 18.2 Å². The lowest BCUT2D eigenvalue weighted by atomic mass is 10.0. The standard InChI is InChI=1S/C14H20ClN3O3S/c1-16-14(19)12-8-11(15)2-3-13(12)18-22(20,21)9-10-4-6-17-7-5-10/h2-3,8,10,17-18H,4-7,9H2,1H3,(H,16,19). The number of halogens is 1. The van der Waals surface area contributed by atoms with Crippen molar-refractivity contribution in [1.29, 1.82) is 0 Å². The first kappa shape index (κ1) is 17.1. The van der Waals surface area contributed by atoms with E-state index in [9.17, 15) is 13.2 Å². The summed E-state index contributed by atoms with van der Waals surface area (Å²) >= 11 is 5.88. The quantitative estimate of drug-likeness (QED) is 0.753. The molecule has 8 heteroatoms. The predicted molar refractivity (Wildman–Crippen MR) is 87.8 cm³/mol. The molecule has 122 valence electrons. The summed E-state index contributed by atoms with van der Waals surface area (Å²) in [5.74, 6) is -0.193. The second-order valence-corrected chi connectivity index (χ2v) is 7.55. The van der Waals surface area contributed by atoms with Gasteiger partial charge in [0, 0.05) is 12.1 Å². The molecular weight excluding hydrogens is 326 g/mol. The largest absolute Gasteiger partial charge is 0.355 e. The third kappa shape index (κ3) is 4.59. The summed E-state index contributed by atoms with van der Waals surface area (Å²) in [5, 5.41) is 6.06. The SMILES string of the molecule is CNC(=O)c1cc(Cl)ccc1NS(=O)(=O)CC1CCNCC1. The second kappa shape index (κ2) is 7.30. The molecule has 2 rings (SSSR count). The van der Waals surface area contributed by atoms with Crippen LogP contribution in [0.2, 0.25) is 5.02 Å². The molecule has 0 saturated carbocycles. The van der Waals surface area contributed by atoms with Gasteiger partial charge in [-0.05, 0) is 50.0 Å². The fourth-order valence-corrected chi connectivity index (χ4v) is 4.22. The fourth-order valence-electron chi connectivity index (χ4n) is 2.50. The summed E-state index contributed by atoms with van der Waals surface area (Å²) < 4.78 is 27.1. The number of carbonyl (C=O) groups excluding carboxylic acids is 1. The van der Waals surface area contributed by atoms with E-state index in [0.717, 1.165) is 25.9 Å². The lowest BCUT2D eigenvalue weighted by molar-refractivity contribution is 0.0964. The highest BCUT2D eigenvalue weighted by Gasteiger charge is 2.23. The third-order valence-corrected chi connectivity index (χ3v) is 5.31. The van der Waals surface area contributed by atoms with Crippen molar-refractivity contribution in [2.45, 2.75) is 12.8 Å². The minimum atomic E-state index is -3.51. The van der Waals surface area contributed by atoms with E-state index in [1.165, 1.54) is 19.2 Å². The zero-order chi connectivity index (χ0) is 16.2. The number of hydrogen-bond donors (Lipinski definition) is 3. The van der Waals surface area contributed by atoms with E-state index in [4.69, 9.17) is 11.6 Å². The molecule has 0 spiro atoms. The van der Waals surface area contributed by atoms with Crippen molar-refractivity contribution < 1.29 is 13.2 Å². The predicted octanol–water partition coefficient (Wildman–Crippen LogP) is 1.44. The van der Waals surface area contributed by atoms with E-state index in [2.05, 4.69) is 15.4 Å². The Bertz CT molecular complexity index is 643. The maximum absolute atomic E-state index is 12.3. The van der Waals surface area contributed by atoms with Gasteiger partial charge in [-0.2, -0.15) is 0 Å². The molecule has 1 aliphatic rings. The minimum Gasteiger partial charge on any atom is -0.355 e. The molecular formula is C14H20ClN3O3S. The van der Waals surface area contributed by atoms with Crippen LogP contribution in [0.5, 0.6) is 0 Å². The molecule has 0 aliphatic carbocycles. The Balaban J connectivity index is 2.16. The van der Waals surface area contributed by atoms with Gasteiger partial charge >= 0.3 is 0 Å². The van der Waals surface area contributed by atoms with Crippen LogP contribution in [0.3, 0.4) is 0 Å². The van der Waals surface area contributed by atoms with Gasteiger partial charge in [-0.15, -0.1) is 0 Å². The highest BCUT2D eigenvalue weighted by Crippen LogP contribution is 2.23. The van der Waals surface area contributed by atoms with Gasteiger partial charge < -0.3 is 10.6 Å². The first-order valence-corrected chi connectivity index (χ1v) is 9.17. The van der Waals surface area contributed by atoms with Gasteiger partial charge in [0.1, 0.15) is 0 Å². The normalized spacial score (nSPS) is 16.3. The second-order valence-electron chi connectivity index (χ2n) is 5.35. The van der Waals surface area contributed by atoms with Gasteiger partial charge in [0.2, 0.25) is 10.0 Å². The monoisotopic (exact) mass is 345 g/mol. The summed E-state index contributed by atoms with van der Waals surface area (Å²) in [5.41, 5.74) is 0.460. The highest BCUT2D eigenvalue weighted by atomic mass is 35.5. The summed E-state index contributed by atoms with van der Waals surface area (Å²) in [4.78, 5) is 11.8. The van der Waals surface area contributed by atoms with Gasteiger partial charge in [-0.25, -0.2) is 8.42 Å². The van der Waals surface area contributed by atoms with Crippen LogP contribution in [0.1, 0.15) is 23.2 Å². The number of benzene rings is 1. The van der Waals surface area contributed by atoms with Crippen molar-refractivity contribution >= 4 is 33.2 Å². The van der Waals surface area contributed by atoms with Gasteiger partial charge in [0.25, 0.3) is 5.91 Å². The molecule has 3 N–H and O–H groups in total. The molecule has 1 saturated heterocycles. The molecule has 0 aromatic heterocycles. The maximum atomic E-state index is 12.3. The molecule has 1 amide bonds. The zero-order valence-corrected chi connectivity index (χ0v) is 13.9. The van der Waals surface area contributed by atoms with Crippen LogP contribution in [0, 0.1) is 5.92 Å². The van der Waals surface area contributed by atoms with Crippen LogP contribution in [0.25, 0.3) is 0 Å². The number of amides is 1. The van der Waals surface area contributed by atoms with Crippen molar-refractivity contribution in [2.24, 2.45) is 5.92 Å². The van der Waals surface area contributed by atoms with E-state index < -0.39 is 10.0 Å². The van der Waals surface area contributed by atoms with Crippen molar-refractivity contribution in [3.63, 3.8) is 0 Å². The number of hydrogen-bond acceptors (Lipinski definition) is 4. The summed E-state index contributed by atoms with van der Waals surface area (Å²) in [6.45, 7) is 1.68. The van der Waals surface area contributed by atoms with E-state index in [0.29, 0.717) is 5.02 Å². The third-order valence-electron chi connectivity index (χ3n) is 3.63. The summed E-state index contributed by atoms with van der Waals surface area (Å²) in [6, 6.07) is 4.51. The Morgan fingerprint density at radius 2 is 2.05 bits per heavy atom. The molecule has 1 aromatic rings. The molecule has 0 bridgehead atoms. The molecule has 0 radical (unpaired) electrons. The number of carbonyl (C=O) groups is 1. The summed E-state index contributed by atoms with van der Waals surface area (Å²) in [6.07, 6.45) is 1.67. The Labute approximate surface area is 135 Å². The van der Waals surface area contributed by atoms with Crippen molar-refractivity contribution in [1.82, 2.24) is 10.6 Å². The maximum Gasteiger partial charge on any atom is 0.253 e. The van der Waals surface area contributed by atoms with Gasteiger partial charge in [0.15, 0.2) is 0 Å². The minimum absolute atomic E-state index is 0.0600. The fraction of sp³-hybridized carbons (Fsp3) is 0.500. The molecule has 1 fully saturated rings. The van der Waals surface area contributed by atoms with Gasteiger partial charge in [-0.3, -0.25) is 9.52 Å². The molecule has 6 nitrogen and oxygen atoms in total. The first-order chi connectivity index (χ1) is 10.4. The highest BCUT2D eigenvalue weighted by molar-refractivity contribution is 7.92. The van der Waals surface area contributed by atoms with Crippen LogP contribution >= 0.6 is 11.6 Å². The van der Waals surface area contributed by atoms with E-state index >= 15 is 0 Å². The van der Waals surface area contributed by atoms with E-state index in [-0.39, 0.29) is 28.8 Å². The Morgan fingerprint density at radius 1 is 1.36 bits per heavy atom. The van der Waals surface area contributed by atoms with Gasteiger partial charge in [0.05, 0.1) is 17.0 Å². The first-order valence-electron chi connectivity index (χ1n) is 7.14. The molecule has 0 unspecified atom stereocenters. The Kier molecular flexibility index (Phi) is 5.66. The number of piperidine rings is 1.